The standard InChI is InChI=1S/C28H29N3O4/c1-19-8-6-7-11-24(19)20-12-14-22(15-13-20)28(34)31-18-23(30-35-2)16-25(31)27(33)29-17-26(32)21-9-4-3-5-10-21/h3-15,25-26,32H,16-18H2,1-2H3,(H,29,33)/b30-23+/t25-,26-/m0/s1. The van der Waals surface area contributed by atoms with Crippen LogP contribution in [0, 0.1) is 6.92 Å². The van der Waals surface area contributed by atoms with Gasteiger partial charge in [-0.05, 0) is 41.3 Å². The van der Waals surface area contributed by atoms with Crippen LogP contribution < -0.4 is 5.32 Å². The van der Waals surface area contributed by atoms with E-state index in [-0.39, 0.29) is 31.3 Å². The van der Waals surface area contributed by atoms with E-state index in [1.54, 1.807) is 24.3 Å². The van der Waals surface area contributed by atoms with Crippen LogP contribution in [0.1, 0.15) is 34.0 Å². The summed E-state index contributed by atoms with van der Waals surface area (Å²) in [5, 5.41) is 17.2. The minimum atomic E-state index is -0.841. The normalized spacial score (nSPS) is 17.3. The topological polar surface area (TPSA) is 91.2 Å². The molecule has 2 N–H and O–H groups in total. The third-order valence-corrected chi connectivity index (χ3v) is 6.18. The summed E-state index contributed by atoms with van der Waals surface area (Å²) in [6.07, 6.45) is -0.569. The number of aliphatic hydroxyl groups is 1. The van der Waals surface area contributed by atoms with E-state index in [4.69, 9.17) is 4.84 Å². The van der Waals surface area contributed by atoms with Crippen molar-refractivity contribution >= 4 is 17.5 Å². The molecule has 0 bridgehead atoms. The first-order valence-electron chi connectivity index (χ1n) is 11.5. The number of rotatable bonds is 7. The highest BCUT2D eigenvalue weighted by Crippen LogP contribution is 2.25. The van der Waals surface area contributed by atoms with E-state index in [9.17, 15) is 14.7 Å². The molecule has 1 aliphatic rings. The maximum Gasteiger partial charge on any atom is 0.254 e. The zero-order valence-corrected chi connectivity index (χ0v) is 19.8. The fourth-order valence-electron chi connectivity index (χ4n) is 4.31. The predicted octanol–water partition coefficient (Wildman–Crippen LogP) is 3.73. The molecule has 0 spiro atoms. The maximum absolute atomic E-state index is 13.4. The Hall–Kier alpha value is -3.97. The number of nitrogens with one attached hydrogen (secondary N) is 1. The van der Waals surface area contributed by atoms with Crippen molar-refractivity contribution in [3.8, 4) is 11.1 Å². The number of aliphatic hydroxyl groups excluding tert-OH is 1. The van der Waals surface area contributed by atoms with Gasteiger partial charge in [-0.3, -0.25) is 9.59 Å². The molecule has 7 heteroatoms. The van der Waals surface area contributed by atoms with Crippen molar-refractivity contribution in [1.82, 2.24) is 10.2 Å². The molecule has 0 aliphatic carbocycles. The SMILES string of the molecule is CO/N=C1\C[C@@H](C(=O)NC[C@H](O)c2ccccc2)N(C(=O)c2ccc(-c3ccccc3C)cc2)C1. The quantitative estimate of drug-likeness (QED) is 0.514. The van der Waals surface area contributed by atoms with Gasteiger partial charge in [0.2, 0.25) is 5.91 Å². The number of hydrogen-bond donors (Lipinski definition) is 2. The van der Waals surface area contributed by atoms with Crippen molar-refractivity contribution in [2.75, 3.05) is 20.2 Å². The Bertz CT molecular complexity index is 1210. The molecule has 2 atom stereocenters. The van der Waals surface area contributed by atoms with E-state index >= 15 is 0 Å². The minimum absolute atomic E-state index is 0.0449. The van der Waals surface area contributed by atoms with Crippen LogP contribution in [0.15, 0.2) is 84.0 Å². The van der Waals surface area contributed by atoms with E-state index in [0.717, 1.165) is 16.7 Å². The molecule has 1 heterocycles. The molecule has 2 amide bonds. The lowest BCUT2D eigenvalue weighted by molar-refractivity contribution is -0.125. The summed E-state index contributed by atoms with van der Waals surface area (Å²) in [6, 6.07) is 23.8. The Morgan fingerprint density at radius 2 is 1.74 bits per heavy atom. The fraction of sp³-hybridized carbons (Fsp3) is 0.250. The molecule has 0 unspecified atom stereocenters. The Balaban J connectivity index is 1.49. The van der Waals surface area contributed by atoms with Crippen LogP contribution in [-0.4, -0.2) is 53.8 Å². The van der Waals surface area contributed by atoms with Crippen molar-refractivity contribution in [2.24, 2.45) is 5.16 Å². The second kappa shape index (κ2) is 11.0. The van der Waals surface area contributed by atoms with Crippen molar-refractivity contribution in [3.63, 3.8) is 0 Å². The second-order valence-corrected chi connectivity index (χ2v) is 8.56. The van der Waals surface area contributed by atoms with E-state index in [1.807, 2.05) is 61.5 Å². The molecule has 3 aromatic rings. The molecule has 35 heavy (non-hydrogen) atoms. The van der Waals surface area contributed by atoms with Gasteiger partial charge in [0.1, 0.15) is 13.2 Å². The van der Waals surface area contributed by atoms with Gasteiger partial charge in [-0.15, -0.1) is 0 Å². The van der Waals surface area contributed by atoms with E-state index in [2.05, 4.69) is 10.5 Å². The highest BCUT2D eigenvalue weighted by Gasteiger charge is 2.38. The molecule has 180 valence electrons. The molecule has 1 saturated heterocycles. The van der Waals surface area contributed by atoms with E-state index in [1.165, 1.54) is 12.0 Å². The molecule has 4 rings (SSSR count). The first-order valence-corrected chi connectivity index (χ1v) is 11.5. The first kappa shape index (κ1) is 24.2. The predicted molar refractivity (Wildman–Crippen MR) is 135 cm³/mol. The lowest BCUT2D eigenvalue weighted by Crippen LogP contribution is -2.46. The lowest BCUT2D eigenvalue weighted by atomic mass is 9.99. The van der Waals surface area contributed by atoms with Gasteiger partial charge >= 0.3 is 0 Å². The van der Waals surface area contributed by atoms with Crippen molar-refractivity contribution in [2.45, 2.75) is 25.5 Å². The van der Waals surface area contributed by atoms with Crippen LogP contribution in [0.3, 0.4) is 0 Å². The lowest BCUT2D eigenvalue weighted by Gasteiger charge is -2.24. The zero-order chi connectivity index (χ0) is 24.8. The zero-order valence-electron chi connectivity index (χ0n) is 19.8. The van der Waals surface area contributed by atoms with E-state index < -0.39 is 12.1 Å². The molecule has 1 aliphatic heterocycles. The smallest absolute Gasteiger partial charge is 0.254 e. The molecule has 0 radical (unpaired) electrons. The highest BCUT2D eigenvalue weighted by molar-refractivity contribution is 6.05. The Labute approximate surface area is 205 Å². The third-order valence-electron chi connectivity index (χ3n) is 6.18. The average molecular weight is 472 g/mol. The summed E-state index contributed by atoms with van der Waals surface area (Å²) < 4.78 is 0. The largest absolute Gasteiger partial charge is 0.399 e. The Morgan fingerprint density at radius 3 is 2.43 bits per heavy atom. The number of hydrogen-bond acceptors (Lipinski definition) is 5. The van der Waals surface area contributed by atoms with Gasteiger partial charge in [-0.2, -0.15) is 0 Å². The number of benzene rings is 3. The highest BCUT2D eigenvalue weighted by atomic mass is 16.6. The van der Waals surface area contributed by atoms with Crippen molar-refractivity contribution in [3.05, 3.63) is 95.6 Å². The molecule has 3 aromatic carbocycles. The molecular weight excluding hydrogens is 442 g/mol. The van der Waals surface area contributed by atoms with Crippen LogP contribution in [0.2, 0.25) is 0 Å². The van der Waals surface area contributed by atoms with Gasteiger partial charge in [-0.1, -0.05) is 71.9 Å². The number of carbonyl (C=O) groups is 2. The second-order valence-electron chi connectivity index (χ2n) is 8.56. The number of nitrogens with zero attached hydrogens (tertiary/aromatic N) is 2. The van der Waals surface area contributed by atoms with Crippen molar-refractivity contribution in [1.29, 1.82) is 0 Å². The third kappa shape index (κ3) is 5.58. The number of likely N-dealkylation sites (tertiary alicyclic amines) is 1. The number of oxime groups is 1. The van der Waals surface area contributed by atoms with Gasteiger partial charge in [0.15, 0.2) is 0 Å². The molecule has 0 saturated carbocycles. The minimum Gasteiger partial charge on any atom is -0.399 e. The Morgan fingerprint density at radius 1 is 1.06 bits per heavy atom. The summed E-state index contributed by atoms with van der Waals surface area (Å²) in [5.74, 6) is -0.599. The van der Waals surface area contributed by atoms with E-state index in [0.29, 0.717) is 16.8 Å². The monoisotopic (exact) mass is 471 g/mol. The van der Waals surface area contributed by atoms with Crippen molar-refractivity contribution < 1.29 is 19.5 Å². The van der Waals surface area contributed by atoms with Gasteiger partial charge < -0.3 is 20.2 Å². The van der Waals surface area contributed by atoms with Crippen LogP contribution in [0.5, 0.6) is 0 Å². The molecule has 0 aromatic heterocycles. The van der Waals surface area contributed by atoms with Gasteiger partial charge in [-0.25, -0.2) is 0 Å². The average Bonchev–Trinajstić information content (AvgIpc) is 3.32. The Kier molecular flexibility index (Phi) is 7.57. The molecular formula is C28H29N3O4. The fourth-order valence-corrected chi connectivity index (χ4v) is 4.31. The number of carbonyl (C=O) groups excluding carboxylic acids is 2. The van der Waals surface area contributed by atoms with Crippen LogP contribution in [-0.2, 0) is 9.63 Å². The number of aryl methyl sites for hydroxylation is 1. The summed E-state index contributed by atoms with van der Waals surface area (Å²) in [4.78, 5) is 32.8. The maximum atomic E-state index is 13.4. The molecule has 1 fully saturated rings. The summed E-state index contributed by atoms with van der Waals surface area (Å²) in [7, 11) is 1.44. The van der Waals surface area contributed by atoms with Gasteiger partial charge in [0.25, 0.3) is 5.91 Å². The van der Waals surface area contributed by atoms with Gasteiger partial charge in [0, 0.05) is 18.5 Å². The number of amides is 2. The summed E-state index contributed by atoms with van der Waals surface area (Å²) in [5.41, 5.74) is 5.09. The summed E-state index contributed by atoms with van der Waals surface area (Å²) in [6.45, 7) is 2.29. The van der Waals surface area contributed by atoms with Crippen LogP contribution in [0.4, 0.5) is 0 Å². The summed E-state index contributed by atoms with van der Waals surface area (Å²) >= 11 is 0. The van der Waals surface area contributed by atoms with Crippen LogP contribution >= 0.6 is 0 Å². The first-order chi connectivity index (χ1) is 17.0. The van der Waals surface area contributed by atoms with Crippen LogP contribution in [0.25, 0.3) is 11.1 Å². The molecule has 7 nitrogen and oxygen atoms in total. The van der Waals surface area contributed by atoms with Gasteiger partial charge in [0.05, 0.1) is 18.4 Å².